The zero-order valence-electron chi connectivity index (χ0n) is 18.3. The van der Waals surface area contributed by atoms with Crippen molar-refractivity contribution >= 4 is 45.5 Å². The molecule has 1 unspecified atom stereocenters. The number of methoxy groups -OCH3 is 1. The molecule has 0 saturated heterocycles. The first-order chi connectivity index (χ1) is 16.1. The number of aromatic nitrogens is 2. The predicted octanol–water partition coefficient (Wildman–Crippen LogP) is 5.48. The smallest absolute Gasteiger partial charge is 0.253 e. The normalized spacial score (nSPS) is 15.6. The van der Waals surface area contributed by atoms with Crippen LogP contribution in [0.25, 0.3) is 10.8 Å². The first-order valence-corrected chi connectivity index (χ1v) is 12.4. The Morgan fingerprint density at radius 3 is 2.61 bits per heavy atom. The third kappa shape index (κ3) is 4.62. The molecule has 4 aromatic rings. The summed E-state index contributed by atoms with van der Waals surface area (Å²) < 4.78 is 6.09. The molecule has 8 heteroatoms. The van der Waals surface area contributed by atoms with E-state index in [1.54, 1.807) is 12.1 Å². The fraction of sp³-hybridized carbons (Fsp3) is 0.200. The molecule has 166 valence electrons. The van der Waals surface area contributed by atoms with E-state index in [1.165, 1.54) is 28.5 Å². The maximum absolute atomic E-state index is 13.3. The Hall–Kier alpha value is -3.23. The maximum Gasteiger partial charge on any atom is 0.253 e. The standard InChI is InChI=1S/C25H22N4O2S2/c1-16-26-27-25(33-16)32-15-24(30)29-23(18-9-11-21(31-2)12-10-18)14-22(28-29)20-8-7-17-5-3-4-6-19(17)13-20/h3-13,23H,14-15H2,1-2H3. The number of carbonyl (C=O) groups excluding carboxylic acids is 1. The second-order valence-electron chi connectivity index (χ2n) is 7.72. The van der Waals surface area contributed by atoms with Gasteiger partial charge in [-0.05, 0) is 47.0 Å². The number of fused-ring (bicyclic) bond motifs is 1. The van der Waals surface area contributed by atoms with Gasteiger partial charge in [0, 0.05) is 6.42 Å². The zero-order chi connectivity index (χ0) is 22.8. The minimum atomic E-state index is -0.165. The highest BCUT2D eigenvalue weighted by Crippen LogP contribution is 2.35. The number of ether oxygens (including phenoxy) is 1. The summed E-state index contributed by atoms with van der Waals surface area (Å²) >= 11 is 2.90. The van der Waals surface area contributed by atoms with Crippen molar-refractivity contribution in [3.05, 3.63) is 82.9 Å². The van der Waals surface area contributed by atoms with Crippen molar-refractivity contribution in [2.75, 3.05) is 12.9 Å². The van der Waals surface area contributed by atoms with Gasteiger partial charge in [-0.1, -0.05) is 71.6 Å². The van der Waals surface area contributed by atoms with Crippen molar-refractivity contribution < 1.29 is 9.53 Å². The lowest BCUT2D eigenvalue weighted by molar-refractivity contribution is -0.130. The Morgan fingerprint density at radius 1 is 1.09 bits per heavy atom. The summed E-state index contributed by atoms with van der Waals surface area (Å²) in [4.78, 5) is 13.3. The summed E-state index contributed by atoms with van der Waals surface area (Å²) in [6, 6.07) is 22.3. The molecule has 1 aliphatic heterocycles. The van der Waals surface area contributed by atoms with Gasteiger partial charge in [0.1, 0.15) is 10.8 Å². The lowest BCUT2D eigenvalue weighted by atomic mass is 9.97. The van der Waals surface area contributed by atoms with Crippen molar-refractivity contribution in [1.82, 2.24) is 15.2 Å². The number of nitrogens with zero attached hydrogens (tertiary/aromatic N) is 4. The molecular formula is C25H22N4O2S2. The van der Waals surface area contributed by atoms with Gasteiger partial charge < -0.3 is 4.74 Å². The molecular weight excluding hydrogens is 452 g/mol. The SMILES string of the molecule is COc1ccc(C2CC(c3ccc4ccccc4c3)=NN2C(=O)CSc2nnc(C)s2)cc1. The van der Waals surface area contributed by atoms with Crippen LogP contribution in [0.15, 0.2) is 76.2 Å². The molecule has 1 amide bonds. The third-order valence-electron chi connectivity index (χ3n) is 5.58. The summed E-state index contributed by atoms with van der Waals surface area (Å²) in [5.74, 6) is 0.993. The summed E-state index contributed by atoms with van der Waals surface area (Å²) in [7, 11) is 1.65. The second-order valence-corrected chi connectivity index (χ2v) is 10.1. The molecule has 33 heavy (non-hydrogen) atoms. The fourth-order valence-electron chi connectivity index (χ4n) is 3.90. The number of rotatable bonds is 6. The number of thioether (sulfide) groups is 1. The van der Waals surface area contributed by atoms with Crippen molar-refractivity contribution in [3.8, 4) is 5.75 Å². The van der Waals surface area contributed by atoms with E-state index in [-0.39, 0.29) is 17.7 Å². The van der Waals surface area contributed by atoms with Gasteiger partial charge in [0.15, 0.2) is 4.34 Å². The molecule has 0 radical (unpaired) electrons. The van der Waals surface area contributed by atoms with Gasteiger partial charge >= 0.3 is 0 Å². The van der Waals surface area contributed by atoms with Crippen molar-refractivity contribution in [3.63, 3.8) is 0 Å². The van der Waals surface area contributed by atoms with E-state index in [1.807, 2.05) is 43.3 Å². The number of aryl methyl sites for hydroxylation is 1. The molecule has 5 rings (SSSR count). The van der Waals surface area contributed by atoms with Crippen molar-refractivity contribution in [2.24, 2.45) is 5.10 Å². The highest BCUT2D eigenvalue weighted by molar-refractivity contribution is 8.01. The third-order valence-corrected chi connectivity index (χ3v) is 7.53. The van der Waals surface area contributed by atoms with Crippen molar-refractivity contribution in [1.29, 1.82) is 0 Å². The van der Waals surface area contributed by atoms with Crippen LogP contribution in [0.2, 0.25) is 0 Å². The number of amides is 1. The van der Waals surface area contributed by atoms with Gasteiger partial charge in [0.25, 0.3) is 5.91 Å². The molecule has 2 heterocycles. The van der Waals surface area contributed by atoms with Crippen LogP contribution in [-0.2, 0) is 4.79 Å². The molecule has 3 aromatic carbocycles. The molecule has 0 spiro atoms. The Balaban J connectivity index is 1.44. The van der Waals surface area contributed by atoms with Gasteiger partial charge in [-0.2, -0.15) is 5.10 Å². The fourth-order valence-corrected chi connectivity index (χ4v) is 5.56. The quantitative estimate of drug-likeness (QED) is 0.346. The van der Waals surface area contributed by atoms with Crippen molar-refractivity contribution in [2.45, 2.75) is 23.7 Å². The molecule has 0 fully saturated rings. The average Bonchev–Trinajstić information content (AvgIpc) is 3.49. The molecule has 1 atom stereocenters. The monoisotopic (exact) mass is 474 g/mol. The van der Waals surface area contributed by atoms with Crippen LogP contribution in [-0.4, -0.2) is 39.7 Å². The molecule has 1 aliphatic rings. The minimum absolute atomic E-state index is 0.0514. The van der Waals surface area contributed by atoms with Gasteiger partial charge in [-0.3, -0.25) is 4.79 Å². The number of hydrogen-bond donors (Lipinski definition) is 0. The van der Waals surface area contributed by atoms with Gasteiger partial charge in [-0.15, -0.1) is 10.2 Å². The van der Waals surface area contributed by atoms with Crippen LogP contribution >= 0.6 is 23.1 Å². The highest BCUT2D eigenvalue weighted by atomic mass is 32.2. The predicted molar refractivity (Wildman–Crippen MR) is 133 cm³/mol. The van der Waals surface area contributed by atoms with E-state index in [0.717, 1.165) is 37.3 Å². The van der Waals surface area contributed by atoms with Gasteiger partial charge in [-0.25, -0.2) is 5.01 Å². The number of carbonyl (C=O) groups is 1. The second kappa shape index (κ2) is 9.33. The van der Waals surface area contributed by atoms with Crippen LogP contribution in [0.1, 0.15) is 28.6 Å². The molecule has 0 saturated carbocycles. The number of hydrazone groups is 1. The number of benzene rings is 3. The van der Waals surface area contributed by atoms with E-state index in [0.29, 0.717) is 6.42 Å². The van der Waals surface area contributed by atoms with E-state index < -0.39 is 0 Å². The summed E-state index contributed by atoms with van der Waals surface area (Å²) in [6.07, 6.45) is 0.652. The zero-order valence-corrected chi connectivity index (χ0v) is 19.9. The Morgan fingerprint density at radius 2 is 1.88 bits per heavy atom. The Labute approximate surface area is 200 Å². The molecule has 0 aliphatic carbocycles. The van der Waals surface area contributed by atoms with E-state index >= 15 is 0 Å². The van der Waals surface area contributed by atoms with E-state index in [9.17, 15) is 4.79 Å². The minimum Gasteiger partial charge on any atom is -0.497 e. The average molecular weight is 475 g/mol. The molecule has 6 nitrogen and oxygen atoms in total. The van der Waals surface area contributed by atoms with E-state index in [4.69, 9.17) is 9.84 Å². The van der Waals surface area contributed by atoms with Crippen LogP contribution < -0.4 is 4.74 Å². The molecule has 0 bridgehead atoms. The lowest BCUT2D eigenvalue weighted by Gasteiger charge is -2.22. The van der Waals surface area contributed by atoms with E-state index in [2.05, 4.69) is 40.5 Å². The summed E-state index contributed by atoms with van der Waals surface area (Å²) in [5, 5.41) is 17.8. The van der Waals surface area contributed by atoms with Crippen LogP contribution in [0.3, 0.4) is 0 Å². The highest BCUT2D eigenvalue weighted by Gasteiger charge is 2.33. The Kier molecular flexibility index (Phi) is 6.11. The van der Waals surface area contributed by atoms with Gasteiger partial charge in [0.05, 0.1) is 24.6 Å². The molecule has 0 N–H and O–H groups in total. The van der Waals surface area contributed by atoms with Crippen LogP contribution in [0.4, 0.5) is 0 Å². The molecule has 1 aromatic heterocycles. The Bertz CT molecular complexity index is 1330. The van der Waals surface area contributed by atoms with Crippen LogP contribution in [0, 0.1) is 6.92 Å². The number of hydrogen-bond acceptors (Lipinski definition) is 7. The van der Waals surface area contributed by atoms with Crippen LogP contribution in [0.5, 0.6) is 5.75 Å². The largest absolute Gasteiger partial charge is 0.497 e. The summed E-state index contributed by atoms with van der Waals surface area (Å²) in [5.41, 5.74) is 2.97. The summed E-state index contributed by atoms with van der Waals surface area (Å²) in [6.45, 7) is 1.91. The first kappa shape index (κ1) is 21.6. The maximum atomic E-state index is 13.3. The lowest BCUT2D eigenvalue weighted by Crippen LogP contribution is -2.28. The topological polar surface area (TPSA) is 67.7 Å². The first-order valence-electron chi connectivity index (χ1n) is 10.6. The van der Waals surface area contributed by atoms with Gasteiger partial charge in [0.2, 0.25) is 0 Å².